The number of amides is 2. The lowest BCUT2D eigenvalue weighted by molar-refractivity contribution is -0.124. The van der Waals surface area contributed by atoms with E-state index in [1.54, 1.807) is 0 Å². The van der Waals surface area contributed by atoms with E-state index in [0.29, 0.717) is 18.1 Å². The largest absolute Gasteiger partial charge is 0.356 e. The van der Waals surface area contributed by atoms with Crippen molar-refractivity contribution in [3.05, 3.63) is 35.2 Å². The highest BCUT2D eigenvalue weighted by atomic mass is 32.1. The van der Waals surface area contributed by atoms with Crippen LogP contribution in [0.1, 0.15) is 43.4 Å². The Bertz CT molecular complexity index is 937. The molecule has 0 saturated heterocycles. The molecule has 28 heavy (non-hydrogen) atoms. The molecular formula is C18H23N7O2S. The second kappa shape index (κ2) is 9.88. The summed E-state index contributed by atoms with van der Waals surface area (Å²) in [5, 5.41) is 23.1. The minimum absolute atomic E-state index is 0.114. The summed E-state index contributed by atoms with van der Waals surface area (Å²) in [7, 11) is 0. The summed E-state index contributed by atoms with van der Waals surface area (Å²) in [4.78, 5) is 23.8. The van der Waals surface area contributed by atoms with Crippen molar-refractivity contribution in [2.75, 3.05) is 11.9 Å². The Kier molecular flexibility index (Phi) is 7.01. The molecule has 0 aliphatic rings. The minimum atomic E-state index is -0.232. The summed E-state index contributed by atoms with van der Waals surface area (Å²) in [6.07, 6.45) is 5.47. The molecule has 0 radical (unpaired) electrons. The summed E-state index contributed by atoms with van der Waals surface area (Å²) in [6.45, 7) is 2.59. The van der Waals surface area contributed by atoms with Gasteiger partial charge in [0.15, 0.2) is 5.65 Å². The number of hydrogen-bond donors (Lipinski definition) is 2. The third-order valence-electron chi connectivity index (χ3n) is 4.04. The highest BCUT2D eigenvalue weighted by molar-refractivity contribution is 7.15. The van der Waals surface area contributed by atoms with Crippen LogP contribution < -0.4 is 10.6 Å². The zero-order valence-corrected chi connectivity index (χ0v) is 16.5. The van der Waals surface area contributed by atoms with Gasteiger partial charge in [0.25, 0.3) is 0 Å². The topological polar surface area (TPSA) is 114 Å². The second-order valence-electron chi connectivity index (χ2n) is 6.30. The molecule has 0 aliphatic carbocycles. The molecule has 148 valence electrons. The van der Waals surface area contributed by atoms with E-state index in [0.717, 1.165) is 35.7 Å². The molecule has 0 spiro atoms. The van der Waals surface area contributed by atoms with Crippen LogP contribution in [0.15, 0.2) is 24.4 Å². The van der Waals surface area contributed by atoms with Crippen LogP contribution in [0.25, 0.3) is 5.65 Å². The Morgan fingerprint density at radius 2 is 1.93 bits per heavy atom. The van der Waals surface area contributed by atoms with Gasteiger partial charge in [0.05, 0.1) is 0 Å². The van der Waals surface area contributed by atoms with Gasteiger partial charge in [-0.05, 0) is 25.0 Å². The smallest absolute Gasteiger partial charge is 0.226 e. The number of hydrogen-bond acceptors (Lipinski definition) is 7. The van der Waals surface area contributed by atoms with E-state index in [9.17, 15) is 9.59 Å². The van der Waals surface area contributed by atoms with Gasteiger partial charge in [-0.3, -0.25) is 14.0 Å². The maximum atomic E-state index is 11.9. The Morgan fingerprint density at radius 3 is 2.79 bits per heavy atom. The number of fused-ring (bicyclic) bond motifs is 1. The highest BCUT2D eigenvalue weighted by Crippen LogP contribution is 2.16. The van der Waals surface area contributed by atoms with Crippen LogP contribution in [-0.4, -0.2) is 43.2 Å². The fourth-order valence-corrected chi connectivity index (χ4v) is 3.51. The molecule has 3 aromatic heterocycles. The van der Waals surface area contributed by atoms with E-state index < -0.39 is 0 Å². The van der Waals surface area contributed by atoms with Crippen LogP contribution >= 0.6 is 11.3 Å². The zero-order chi connectivity index (χ0) is 19.8. The first kappa shape index (κ1) is 19.9. The summed E-state index contributed by atoms with van der Waals surface area (Å²) < 4.78 is 1.94. The van der Waals surface area contributed by atoms with E-state index >= 15 is 0 Å². The Morgan fingerprint density at radius 1 is 1.07 bits per heavy atom. The summed E-state index contributed by atoms with van der Waals surface area (Å²) >= 11 is 1.37. The van der Waals surface area contributed by atoms with Crippen LogP contribution in [0.2, 0.25) is 0 Å². The molecule has 10 heteroatoms. The molecule has 0 aliphatic heterocycles. The third kappa shape index (κ3) is 5.56. The van der Waals surface area contributed by atoms with Gasteiger partial charge in [0.2, 0.25) is 16.9 Å². The van der Waals surface area contributed by atoms with Gasteiger partial charge in [0.1, 0.15) is 10.8 Å². The van der Waals surface area contributed by atoms with Gasteiger partial charge >= 0.3 is 0 Å². The standard InChI is InChI=1S/C18H23N7O2S/c1-2-6-17-23-24-18(28-17)20-16(27)10-9-15(26)19-11-5-8-14-22-21-13-7-3-4-12-25(13)14/h3-4,7,12H,2,5-6,8-11H2,1H3,(H,19,26)(H,20,24,27). The first-order valence-electron chi connectivity index (χ1n) is 9.33. The summed E-state index contributed by atoms with van der Waals surface area (Å²) in [5.74, 6) is 0.484. The number of anilines is 1. The second-order valence-corrected chi connectivity index (χ2v) is 7.36. The van der Waals surface area contributed by atoms with Crippen LogP contribution in [0.5, 0.6) is 0 Å². The molecule has 0 fully saturated rings. The predicted octanol–water partition coefficient (Wildman–Crippen LogP) is 2.00. The monoisotopic (exact) mass is 401 g/mol. The molecule has 3 heterocycles. The van der Waals surface area contributed by atoms with Gasteiger partial charge in [0, 0.05) is 38.4 Å². The maximum Gasteiger partial charge on any atom is 0.226 e. The van der Waals surface area contributed by atoms with Gasteiger partial charge in [-0.1, -0.05) is 24.3 Å². The average molecular weight is 401 g/mol. The molecule has 3 rings (SSSR count). The number of nitrogens with zero attached hydrogens (tertiary/aromatic N) is 5. The minimum Gasteiger partial charge on any atom is -0.356 e. The molecule has 0 aromatic carbocycles. The number of aromatic nitrogens is 5. The quantitative estimate of drug-likeness (QED) is 0.502. The number of pyridine rings is 1. The molecule has 9 nitrogen and oxygen atoms in total. The van der Waals surface area contributed by atoms with Crippen molar-refractivity contribution in [2.45, 2.75) is 45.4 Å². The van der Waals surface area contributed by atoms with Gasteiger partial charge < -0.3 is 10.6 Å². The Hall–Kier alpha value is -2.88. The number of aryl methyl sites for hydroxylation is 2. The highest BCUT2D eigenvalue weighted by Gasteiger charge is 2.10. The molecular weight excluding hydrogens is 378 g/mol. The van der Waals surface area contributed by atoms with Crippen LogP contribution in [0.4, 0.5) is 5.13 Å². The molecule has 2 N–H and O–H groups in total. The molecule has 0 unspecified atom stereocenters. The van der Waals surface area contributed by atoms with E-state index in [1.165, 1.54) is 11.3 Å². The van der Waals surface area contributed by atoms with Gasteiger partial charge in [-0.2, -0.15) is 0 Å². The van der Waals surface area contributed by atoms with Crippen LogP contribution in [-0.2, 0) is 22.4 Å². The van der Waals surface area contributed by atoms with E-state index in [2.05, 4.69) is 38.0 Å². The first-order valence-corrected chi connectivity index (χ1v) is 10.1. The Labute approximate surface area is 166 Å². The summed E-state index contributed by atoms with van der Waals surface area (Å²) in [6, 6.07) is 5.74. The molecule has 0 atom stereocenters. The first-order chi connectivity index (χ1) is 13.7. The van der Waals surface area contributed by atoms with Crippen molar-refractivity contribution in [1.82, 2.24) is 30.1 Å². The fraction of sp³-hybridized carbons (Fsp3) is 0.444. The fourth-order valence-electron chi connectivity index (χ4n) is 2.65. The number of carbonyl (C=O) groups is 2. The van der Waals surface area contributed by atoms with E-state index in [4.69, 9.17) is 0 Å². The van der Waals surface area contributed by atoms with Crippen LogP contribution in [0, 0.1) is 0 Å². The lowest BCUT2D eigenvalue weighted by Gasteiger charge is -2.05. The number of carbonyl (C=O) groups excluding carboxylic acids is 2. The number of nitrogens with one attached hydrogen (secondary N) is 2. The van der Waals surface area contributed by atoms with E-state index in [1.807, 2.05) is 28.8 Å². The van der Waals surface area contributed by atoms with Crippen molar-refractivity contribution in [3.63, 3.8) is 0 Å². The normalized spacial score (nSPS) is 10.9. The van der Waals surface area contributed by atoms with Gasteiger partial charge in [-0.25, -0.2) is 0 Å². The van der Waals surface area contributed by atoms with Crippen molar-refractivity contribution in [1.29, 1.82) is 0 Å². The lowest BCUT2D eigenvalue weighted by Crippen LogP contribution is -2.26. The molecule has 2 amide bonds. The summed E-state index contributed by atoms with van der Waals surface area (Å²) in [5.41, 5.74) is 0.810. The van der Waals surface area contributed by atoms with E-state index in [-0.39, 0.29) is 24.7 Å². The predicted molar refractivity (Wildman–Crippen MR) is 106 cm³/mol. The average Bonchev–Trinajstić information content (AvgIpc) is 3.31. The lowest BCUT2D eigenvalue weighted by atomic mass is 10.2. The molecule has 0 saturated carbocycles. The van der Waals surface area contributed by atoms with Crippen molar-refractivity contribution in [3.8, 4) is 0 Å². The maximum absolute atomic E-state index is 11.9. The molecule has 3 aromatic rings. The van der Waals surface area contributed by atoms with Crippen molar-refractivity contribution in [2.24, 2.45) is 0 Å². The number of rotatable bonds is 10. The third-order valence-corrected chi connectivity index (χ3v) is 4.94. The van der Waals surface area contributed by atoms with Crippen molar-refractivity contribution < 1.29 is 9.59 Å². The Balaban J connectivity index is 1.32. The zero-order valence-electron chi connectivity index (χ0n) is 15.7. The van der Waals surface area contributed by atoms with Crippen molar-refractivity contribution >= 4 is 33.9 Å². The van der Waals surface area contributed by atoms with Gasteiger partial charge in [-0.15, -0.1) is 20.4 Å². The van der Waals surface area contributed by atoms with Crippen LogP contribution in [0.3, 0.4) is 0 Å². The SMILES string of the molecule is CCCc1nnc(NC(=O)CCC(=O)NCCCc2nnc3ccccn23)s1. The molecule has 0 bridgehead atoms.